The number of aliphatic hydroxyl groups excluding tert-OH is 1. The number of rotatable bonds is 10. The van der Waals surface area contributed by atoms with Crippen LogP contribution in [0.1, 0.15) is 25.7 Å². The number of β-amino-alcohol motifs (C(OH)–C–C–N with tert-alkyl or cyclic N) is 1. The standard InChI is InChI=1S/C18H24ClFN4O3S2/c19-13-8-17(29(26,27)24-18-23-6-7-28-18)14(20)9-15(13)22-5-3-1-2-4-12-10-21-11-16(12)25/h6-9,12,16,21-22,25H,1-5,10-11H2,(H,23,24)/t12-,16-/m0/s1. The van der Waals surface area contributed by atoms with Crippen LogP contribution in [0.15, 0.2) is 28.6 Å². The molecule has 0 amide bonds. The number of benzene rings is 1. The van der Waals surface area contributed by atoms with Gasteiger partial charge in [0.2, 0.25) is 0 Å². The van der Waals surface area contributed by atoms with Crippen molar-refractivity contribution in [2.75, 3.05) is 29.7 Å². The molecule has 0 saturated carbocycles. The van der Waals surface area contributed by atoms with Gasteiger partial charge in [0, 0.05) is 31.2 Å². The molecule has 7 nitrogen and oxygen atoms in total. The Labute approximate surface area is 178 Å². The van der Waals surface area contributed by atoms with Gasteiger partial charge in [-0.2, -0.15) is 0 Å². The number of aromatic nitrogens is 1. The van der Waals surface area contributed by atoms with Crippen LogP contribution in [0, 0.1) is 11.7 Å². The molecule has 3 rings (SSSR count). The summed E-state index contributed by atoms with van der Waals surface area (Å²) in [7, 11) is -4.11. The van der Waals surface area contributed by atoms with Crippen LogP contribution in [0.5, 0.6) is 0 Å². The van der Waals surface area contributed by atoms with Crippen LogP contribution in [0.25, 0.3) is 0 Å². The van der Waals surface area contributed by atoms with Crippen LogP contribution in [0.4, 0.5) is 15.2 Å². The molecule has 1 aromatic heterocycles. The lowest BCUT2D eigenvalue weighted by atomic mass is 9.98. The summed E-state index contributed by atoms with van der Waals surface area (Å²) in [5.41, 5.74) is 0.354. The van der Waals surface area contributed by atoms with Crippen molar-refractivity contribution < 1.29 is 17.9 Å². The zero-order valence-corrected chi connectivity index (χ0v) is 18.1. The molecule has 0 radical (unpaired) electrons. The summed E-state index contributed by atoms with van der Waals surface area (Å²) in [4.78, 5) is 3.31. The van der Waals surface area contributed by atoms with Crippen molar-refractivity contribution in [1.29, 1.82) is 0 Å². The molecule has 1 aromatic carbocycles. The van der Waals surface area contributed by atoms with Crippen molar-refractivity contribution >= 4 is 43.8 Å². The normalized spacial score (nSPS) is 19.4. The van der Waals surface area contributed by atoms with Gasteiger partial charge in [-0.3, -0.25) is 4.72 Å². The Morgan fingerprint density at radius 2 is 2.14 bits per heavy atom. The number of anilines is 2. The van der Waals surface area contributed by atoms with Gasteiger partial charge in [-0.05, 0) is 30.9 Å². The molecule has 11 heteroatoms. The zero-order valence-electron chi connectivity index (χ0n) is 15.7. The molecular weight excluding hydrogens is 439 g/mol. The largest absolute Gasteiger partial charge is 0.391 e. The lowest BCUT2D eigenvalue weighted by Crippen LogP contribution is -2.17. The number of sulfonamides is 1. The fourth-order valence-corrected chi connectivity index (χ4v) is 5.43. The Hall–Kier alpha value is -1.46. The number of nitrogens with zero attached hydrogens (tertiary/aromatic N) is 1. The lowest BCUT2D eigenvalue weighted by molar-refractivity contribution is 0.141. The van der Waals surface area contributed by atoms with Gasteiger partial charge in [0.25, 0.3) is 10.0 Å². The minimum Gasteiger partial charge on any atom is -0.391 e. The SMILES string of the molecule is O=S(=O)(Nc1nccs1)c1cc(Cl)c(NCCCCC[C@H]2CNC[C@@H]2O)cc1F. The molecule has 4 N–H and O–H groups in total. The summed E-state index contributed by atoms with van der Waals surface area (Å²) in [6, 6.07) is 2.20. The Kier molecular flexibility index (Phi) is 7.69. The Balaban J connectivity index is 1.50. The van der Waals surface area contributed by atoms with E-state index in [0.717, 1.165) is 55.7 Å². The molecular formula is C18H24ClFN4O3S2. The molecule has 2 heterocycles. The van der Waals surface area contributed by atoms with Crippen molar-refractivity contribution in [2.45, 2.75) is 36.7 Å². The van der Waals surface area contributed by atoms with Crippen LogP contribution in [0.2, 0.25) is 5.02 Å². The number of aliphatic hydroxyl groups is 1. The first kappa shape index (κ1) is 22.2. The van der Waals surface area contributed by atoms with Crippen LogP contribution in [-0.2, 0) is 10.0 Å². The maximum atomic E-state index is 14.4. The number of halogens is 2. The number of thiazole rings is 1. The van der Waals surface area contributed by atoms with E-state index < -0.39 is 20.7 Å². The molecule has 160 valence electrons. The van der Waals surface area contributed by atoms with E-state index in [1.54, 1.807) is 5.38 Å². The highest BCUT2D eigenvalue weighted by Gasteiger charge is 2.24. The van der Waals surface area contributed by atoms with E-state index in [1.165, 1.54) is 6.20 Å². The van der Waals surface area contributed by atoms with Crippen molar-refractivity contribution in [3.63, 3.8) is 0 Å². The van der Waals surface area contributed by atoms with E-state index in [-0.39, 0.29) is 16.3 Å². The van der Waals surface area contributed by atoms with Crippen molar-refractivity contribution in [1.82, 2.24) is 10.3 Å². The molecule has 29 heavy (non-hydrogen) atoms. The highest BCUT2D eigenvalue weighted by atomic mass is 35.5. The van der Waals surface area contributed by atoms with E-state index in [9.17, 15) is 17.9 Å². The first-order chi connectivity index (χ1) is 13.9. The summed E-state index contributed by atoms with van der Waals surface area (Å²) in [5, 5.41) is 17.9. The first-order valence-electron chi connectivity index (χ1n) is 9.41. The summed E-state index contributed by atoms with van der Waals surface area (Å²) < 4.78 is 41.4. The molecule has 0 bridgehead atoms. The van der Waals surface area contributed by atoms with Crippen molar-refractivity contribution in [3.05, 3.63) is 34.5 Å². The molecule has 0 aliphatic carbocycles. The third kappa shape index (κ3) is 6.02. The first-order valence-corrected chi connectivity index (χ1v) is 12.1. The van der Waals surface area contributed by atoms with Gasteiger partial charge in [0.15, 0.2) is 5.13 Å². The number of unbranched alkanes of at least 4 members (excludes halogenated alkanes) is 2. The minimum atomic E-state index is -4.11. The number of nitrogens with one attached hydrogen (secondary N) is 3. The maximum absolute atomic E-state index is 14.4. The van der Waals surface area contributed by atoms with Gasteiger partial charge in [-0.25, -0.2) is 17.8 Å². The second-order valence-corrected chi connectivity index (χ2v) is 9.92. The Morgan fingerprint density at radius 1 is 1.31 bits per heavy atom. The Bertz CT molecular complexity index is 912. The third-order valence-electron chi connectivity index (χ3n) is 4.84. The average Bonchev–Trinajstić information content (AvgIpc) is 3.31. The van der Waals surface area contributed by atoms with Gasteiger partial charge < -0.3 is 15.7 Å². The van der Waals surface area contributed by atoms with E-state index in [0.29, 0.717) is 24.7 Å². The van der Waals surface area contributed by atoms with Crippen LogP contribution in [-0.4, -0.2) is 44.2 Å². The molecule has 0 unspecified atom stereocenters. The summed E-state index contributed by atoms with van der Waals surface area (Å²) in [6.45, 7) is 2.12. The van der Waals surface area contributed by atoms with Gasteiger partial charge >= 0.3 is 0 Å². The molecule has 2 atom stereocenters. The topological polar surface area (TPSA) is 103 Å². The smallest absolute Gasteiger partial charge is 0.266 e. The highest BCUT2D eigenvalue weighted by Crippen LogP contribution is 2.29. The van der Waals surface area contributed by atoms with Crippen molar-refractivity contribution in [3.8, 4) is 0 Å². The van der Waals surface area contributed by atoms with Gasteiger partial charge in [0.05, 0.1) is 16.8 Å². The second kappa shape index (κ2) is 10.0. The molecule has 2 aromatic rings. The molecule has 0 spiro atoms. The van der Waals surface area contributed by atoms with E-state index in [1.807, 2.05) is 0 Å². The fraction of sp³-hybridized carbons (Fsp3) is 0.500. The van der Waals surface area contributed by atoms with Gasteiger partial charge in [-0.1, -0.05) is 24.4 Å². The van der Waals surface area contributed by atoms with Crippen LogP contribution in [0.3, 0.4) is 0 Å². The minimum absolute atomic E-state index is 0.131. The lowest BCUT2D eigenvalue weighted by Gasteiger charge is -2.13. The third-order valence-corrected chi connectivity index (χ3v) is 7.32. The molecule has 1 aliphatic heterocycles. The Morgan fingerprint density at radius 3 is 2.83 bits per heavy atom. The highest BCUT2D eigenvalue weighted by molar-refractivity contribution is 7.93. The number of hydrogen-bond donors (Lipinski definition) is 4. The molecule has 1 fully saturated rings. The molecule has 1 aliphatic rings. The maximum Gasteiger partial charge on any atom is 0.266 e. The summed E-state index contributed by atoms with van der Waals surface area (Å²) >= 11 is 7.26. The number of hydrogen-bond acceptors (Lipinski definition) is 7. The second-order valence-electron chi connectivity index (χ2n) is 6.97. The van der Waals surface area contributed by atoms with Crippen LogP contribution >= 0.6 is 22.9 Å². The zero-order chi connectivity index (χ0) is 20.9. The predicted molar refractivity (Wildman–Crippen MR) is 114 cm³/mol. The van der Waals surface area contributed by atoms with Crippen LogP contribution < -0.4 is 15.4 Å². The monoisotopic (exact) mass is 462 g/mol. The fourth-order valence-electron chi connectivity index (χ4n) is 3.26. The van der Waals surface area contributed by atoms with E-state index in [2.05, 4.69) is 20.3 Å². The summed E-state index contributed by atoms with van der Waals surface area (Å²) in [5.74, 6) is -0.567. The summed E-state index contributed by atoms with van der Waals surface area (Å²) in [6.07, 6.45) is 5.01. The van der Waals surface area contributed by atoms with E-state index in [4.69, 9.17) is 11.6 Å². The van der Waals surface area contributed by atoms with Crippen molar-refractivity contribution in [2.24, 2.45) is 5.92 Å². The van der Waals surface area contributed by atoms with Gasteiger partial charge in [0.1, 0.15) is 10.7 Å². The quantitative estimate of drug-likeness (QED) is 0.404. The van der Waals surface area contributed by atoms with Gasteiger partial charge in [-0.15, -0.1) is 11.3 Å². The average molecular weight is 463 g/mol. The van der Waals surface area contributed by atoms with E-state index >= 15 is 0 Å². The molecule has 1 saturated heterocycles. The predicted octanol–water partition coefficient (Wildman–Crippen LogP) is 3.29.